The SMILES string of the molecule is CCn1c(-c2c(C)oc3ccccc23)csc1=NS(=O)(=O)c1ccc(Br)cc1. The Hall–Kier alpha value is -2.16. The molecule has 4 rings (SSSR count). The average Bonchev–Trinajstić information content (AvgIpc) is 3.20. The van der Waals surface area contributed by atoms with Crippen molar-refractivity contribution in [2.45, 2.75) is 25.3 Å². The summed E-state index contributed by atoms with van der Waals surface area (Å²) in [6, 6.07) is 14.3. The molecule has 0 atom stereocenters. The first-order valence-electron chi connectivity index (χ1n) is 8.64. The molecule has 0 saturated heterocycles. The molecule has 0 saturated carbocycles. The third kappa shape index (κ3) is 3.36. The van der Waals surface area contributed by atoms with Crippen molar-refractivity contribution in [3.8, 4) is 11.3 Å². The highest BCUT2D eigenvalue weighted by molar-refractivity contribution is 9.10. The van der Waals surface area contributed by atoms with Crippen LogP contribution < -0.4 is 4.80 Å². The van der Waals surface area contributed by atoms with Crippen molar-refractivity contribution >= 4 is 48.3 Å². The van der Waals surface area contributed by atoms with Gasteiger partial charge in [0.2, 0.25) is 4.80 Å². The molecule has 0 aliphatic carbocycles. The molecular weight excluding hydrogens is 460 g/mol. The molecule has 0 spiro atoms. The highest BCUT2D eigenvalue weighted by Crippen LogP contribution is 2.34. The Labute approximate surface area is 175 Å². The lowest BCUT2D eigenvalue weighted by Gasteiger charge is -2.06. The van der Waals surface area contributed by atoms with Crippen LogP contribution >= 0.6 is 27.3 Å². The van der Waals surface area contributed by atoms with Crippen LogP contribution in [0.25, 0.3) is 22.2 Å². The van der Waals surface area contributed by atoms with E-state index in [1.165, 1.54) is 11.3 Å². The van der Waals surface area contributed by atoms with Crippen LogP contribution in [0.1, 0.15) is 12.7 Å². The molecule has 0 radical (unpaired) electrons. The standard InChI is InChI=1S/C20H17BrN2O3S2/c1-3-23-17(19-13(2)26-18-7-5-4-6-16(18)19)12-27-20(23)22-28(24,25)15-10-8-14(21)9-11-15/h4-12H,3H2,1-2H3. The maximum Gasteiger partial charge on any atom is 0.285 e. The van der Waals surface area contributed by atoms with Crippen molar-refractivity contribution in [3.05, 3.63) is 68.9 Å². The van der Waals surface area contributed by atoms with E-state index in [1.807, 2.05) is 48.1 Å². The van der Waals surface area contributed by atoms with Gasteiger partial charge in [0.1, 0.15) is 11.3 Å². The lowest BCUT2D eigenvalue weighted by atomic mass is 10.1. The van der Waals surface area contributed by atoms with Gasteiger partial charge in [0.15, 0.2) is 0 Å². The van der Waals surface area contributed by atoms with Gasteiger partial charge >= 0.3 is 0 Å². The van der Waals surface area contributed by atoms with Gasteiger partial charge in [-0.3, -0.25) is 0 Å². The van der Waals surface area contributed by atoms with Crippen molar-refractivity contribution < 1.29 is 12.8 Å². The first kappa shape index (κ1) is 19.2. The van der Waals surface area contributed by atoms with Gasteiger partial charge in [-0.15, -0.1) is 15.7 Å². The molecule has 144 valence electrons. The number of halogens is 1. The molecule has 0 unspecified atom stereocenters. The van der Waals surface area contributed by atoms with E-state index in [1.54, 1.807) is 24.3 Å². The maximum absolute atomic E-state index is 12.7. The smallest absolute Gasteiger partial charge is 0.285 e. The fraction of sp³-hybridized carbons (Fsp3) is 0.150. The molecule has 5 nitrogen and oxygen atoms in total. The van der Waals surface area contributed by atoms with E-state index in [9.17, 15) is 8.42 Å². The molecule has 28 heavy (non-hydrogen) atoms. The van der Waals surface area contributed by atoms with Gasteiger partial charge in [0, 0.05) is 27.3 Å². The zero-order chi connectivity index (χ0) is 19.9. The van der Waals surface area contributed by atoms with Crippen LogP contribution in [0, 0.1) is 6.92 Å². The number of para-hydroxylation sites is 1. The third-order valence-corrected chi connectivity index (χ3v) is 7.24. The quantitative estimate of drug-likeness (QED) is 0.399. The molecule has 0 fully saturated rings. The van der Waals surface area contributed by atoms with Gasteiger partial charge in [0.25, 0.3) is 10.0 Å². The molecule has 2 aromatic heterocycles. The predicted molar refractivity (Wildman–Crippen MR) is 115 cm³/mol. The number of nitrogens with zero attached hydrogens (tertiary/aromatic N) is 2. The van der Waals surface area contributed by atoms with Crippen LogP contribution in [0.3, 0.4) is 0 Å². The van der Waals surface area contributed by atoms with E-state index in [-0.39, 0.29) is 4.90 Å². The minimum absolute atomic E-state index is 0.165. The number of thiazole rings is 1. The minimum atomic E-state index is -3.80. The summed E-state index contributed by atoms with van der Waals surface area (Å²) in [4.78, 5) is 0.600. The summed E-state index contributed by atoms with van der Waals surface area (Å²) in [6.07, 6.45) is 0. The molecule has 2 heterocycles. The third-order valence-electron chi connectivity index (χ3n) is 4.45. The minimum Gasteiger partial charge on any atom is -0.461 e. The zero-order valence-electron chi connectivity index (χ0n) is 15.2. The molecule has 0 bridgehead atoms. The number of rotatable bonds is 4. The van der Waals surface area contributed by atoms with Gasteiger partial charge in [-0.1, -0.05) is 34.1 Å². The van der Waals surface area contributed by atoms with Crippen molar-refractivity contribution in [1.82, 2.24) is 4.57 Å². The number of aromatic nitrogens is 1. The fourth-order valence-corrected chi connectivity index (χ4v) is 5.59. The van der Waals surface area contributed by atoms with Crippen LogP contribution in [0.2, 0.25) is 0 Å². The monoisotopic (exact) mass is 476 g/mol. The molecule has 0 amide bonds. The lowest BCUT2D eigenvalue weighted by molar-refractivity contribution is 0.579. The van der Waals surface area contributed by atoms with Crippen molar-refractivity contribution in [1.29, 1.82) is 0 Å². The number of fused-ring (bicyclic) bond motifs is 1. The molecule has 4 aromatic rings. The molecule has 0 N–H and O–H groups in total. The second kappa shape index (κ2) is 7.35. The van der Waals surface area contributed by atoms with Crippen molar-refractivity contribution in [3.63, 3.8) is 0 Å². The first-order chi connectivity index (χ1) is 13.4. The topological polar surface area (TPSA) is 64.6 Å². The van der Waals surface area contributed by atoms with Gasteiger partial charge in [-0.25, -0.2) is 0 Å². The van der Waals surface area contributed by atoms with Gasteiger partial charge < -0.3 is 8.98 Å². The lowest BCUT2D eigenvalue weighted by Crippen LogP contribution is -2.17. The summed E-state index contributed by atoms with van der Waals surface area (Å²) in [5.41, 5.74) is 2.68. The summed E-state index contributed by atoms with van der Waals surface area (Å²) in [6.45, 7) is 4.48. The number of furan rings is 1. The number of sulfonamides is 1. The van der Waals surface area contributed by atoms with E-state index in [0.717, 1.165) is 32.5 Å². The Morgan fingerprint density at radius 1 is 1.14 bits per heavy atom. The highest BCUT2D eigenvalue weighted by atomic mass is 79.9. The van der Waals surface area contributed by atoms with Crippen LogP contribution in [0.4, 0.5) is 0 Å². The van der Waals surface area contributed by atoms with Crippen LogP contribution in [0.15, 0.2) is 72.1 Å². The average molecular weight is 477 g/mol. The van der Waals surface area contributed by atoms with E-state index in [0.29, 0.717) is 11.3 Å². The molecule has 8 heteroatoms. The Kier molecular flexibility index (Phi) is 5.03. The van der Waals surface area contributed by atoms with Crippen molar-refractivity contribution in [2.24, 2.45) is 4.40 Å². The molecule has 0 aliphatic heterocycles. The number of aryl methyl sites for hydroxylation is 1. The first-order valence-corrected chi connectivity index (χ1v) is 11.8. The Bertz CT molecular complexity index is 1330. The van der Waals surface area contributed by atoms with Crippen LogP contribution in [-0.2, 0) is 16.6 Å². The Morgan fingerprint density at radius 2 is 1.86 bits per heavy atom. The van der Waals surface area contributed by atoms with E-state index < -0.39 is 10.0 Å². The summed E-state index contributed by atoms with van der Waals surface area (Å²) in [7, 11) is -3.80. The predicted octanol–water partition coefficient (Wildman–Crippen LogP) is 5.34. The maximum atomic E-state index is 12.7. The van der Waals surface area contributed by atoms with E-state index >= 15 is 0 Å². The summed E-state index contributed by atoms with van der Waals surface area (Å²) < 4.78 is 38.2. The number of hydrogen-bond donors (Lipinski definition) is 0. The zero-order valence-corrected chi connectivity index (χ0v) is 18.4. The van der Waals surface area contributed by atoms with Gasteiger partial charge in [-0.05, 0) is 44.2 Å². The second-order valence-electron chi connectivity index (χ2n) is 6.20. The summed E-state index contributed by atoms with van der Waals surface area (Å²) in [5, 5.41) is 2.94. The molecule has 0 aliphatic rings. The molecular formula is C20H17BrN2O3S2. The number of benzene rings is 2. The van der Waals surface area contributed by atoms with Gasteiger partial charge in [-0.2, -0.15) is 8.42 Å². The normalized spacial score (nSPS) is 12.8. The van der Waals surface area contributed by atoms with Crippen LogP contribution in [-0.4, -0.2) is 13.0 Å². The van der Waals surface area contributed by atoms with Gasteiger partial charge in [0.05, 0.1) is 10.6 Å². The number of hydrogen-bond acceptors (Lipinski definition) is 4. The Balaban J connectivity index is 1.90. The summed E-state index contributed by atoms with van der Waals surface area (Å²) >= 11 is 4.62. The van der Waals surface area contributed by atoms with E-state index in [4.69, 9.17) is 4.42 Å². The van der Waals surface area contributed by atoms with Crippen LogP contribution in [0.5, 0.6) is 0 Å². The van der Waals surface area contributed by atoms with E-state index in [2.05, 4.69) is 20.3 Å². The largest absolute Gasteiger partial charge is 0.461 e. The fourth-order valence-electron chi connectivity index (χ4n) is 3.16. The summed E-state index contributed by atoms with van der Waals surface area (Å²) in [5.74, 6) is 0.795. The molecule has 2 aromatic carbocycles. The Morgan fingerprint density at radius 3 is 2.57 bits per heavy atom. The second-order valence-corrected chi connectivity index (χ2v) is 9.55. The van der Waals surface area contributed by atoms with Crippen molar-refractivity contribution in [2.75, 3.05) is 0 Å². The highest BCUT2D eigenvalue weighted by Gasteiger charge is 2.18.